The minimum absolute atomic E-state index is 0.0949. The van der Waals surface area contributed by atoms with Crippen LogP contribution in [0.5, 0.6) is 0 Å². The molecule has 0 bridgehead atoms. The summed E-state index contributed by atoms with van der Waals surface area (Å²) in [6, 6.07) is 4.03. The monoisotopic (exact) mass is 196 g/mol. The fraction of sp³-hybridized carbons (Fsp3) is 0.444. The second-order valence-corrected chi connectivity index (χ2v) is 4.21. The Labute approximate surface area is 81.1 Å². The molecule has 1 aromatic rings. The van der Waals surface area contributed by atoms with Gasteiger partial charge in [0.2, 0.25) is 5.91 Å². The average molecular weight is 196 g/mol. The number of nitrogens with one attached hydrogen (secondary N) is 2. The number of hydrazine groups is 1. The molecule has 13 heavy (non-hydrogen) atoms. The van der Waals surface area contributed by atoms with Gasteiger partial charge in [-0.3, -0.25) is 10.2 Å². The van der Waals surface area contributed by atoms with Crippen LogP contribution in [0.15, 0.2) is 17.5 Å². The standard InChI is InChI=1S/C9H12N2OS/c1-10-11-8(12)9(4-5-9)7-3-2-6-13-7/h2-3,6,10H,4-5H2,1H3,(H,11,12). The van der Waals surface area contributed by atoms with Crippen molar-refractivity contribution in [1.82, 2.24) is 10.9 Å². The average Bonchev–Trinajstić information content (AvgIpc) is 2.76. The lowest BCUT2D eigenvalue weighted by Crippen LogP contribution is -2.41. The van der Waals surface area contributed by atoms with E-state index in [1.807, 2.05) is 17.5 Å². The number of amides is 1. The van der Waals surface area contributed by atoms with Crippen LogP contribution in [0.3, 0.4) is 0 Å². The Balaban J connectivity index is 2.17. The fourth-order valence-corrected chi connectivity index (χ4v) is 2.48. The highest BCUT2D eigenvalue weighted by Gasteiger charge is 2.51. The number of carbonyl (C=O) groups excluding carboxylic acids is 1. The van der Waals surface area contributed by atoms with Gasteiger partial charge in [-0.05, 0) is 24.3 Å². The third kappa shape index (κ3) is 1.36. The molecular formula is C9H12N2OS. The zero-order valence-electron chi connectivity index (χ0n) is 7.46. The molecule has 2 rings (SSSR count). The van der Waals surface area contributed by atoms with Crippen molar-refractivity contribution in [3.63, 3.8) is 0 Å². The van der Waals surface area contributed by atoms with Gasteiger partial charge in [-0.2, -0.15) is 0 Å². The summed E-state index contributed by atoms with van der Waals surface area (Å²) in [6.45, 7) is 0. The van der Waals surface area contributed by atoms with Crippen molar-refractivity contribution in [1.29, 1.82) is 0 Å². The summed E-state index contributed by atoms with van der Waals surface area (Å²) >= 11 is 1.66. The normalized spacial score (nSPS) is 18.2. The molecule has 1 amide bonds. The van der Waals surface area contributed by atoms with Crippen molar-refractivity contribution >= 4 is 17.2 Å². The number of rotatable bonds is 3. The van der Waals surface area contributed by atoms with Crippen molar-refractivity contribution in [3.05, 3.63) is 22.4 Å². The SMILES string of the molecule is CNNC(=O)C1(c2cccs2)CC1. The van der Waals surface area contributed by atoms with Crippen LogP contribution in [0.2, 0.25) is 0 Å². The molecule has 0 aromatic carbocycles. The van der Waals surface area contributed by atoms with Crippen molar-refractivity contribution in [2.24, 2.45) is 0 Å². The number of carbonyl (C=O) groups is 1. The summed E-state index contributed by atoms with van der Waals surface area (Å²) < 4.78 is 0. The van der Waals surface area contributed by atoms with Crippen molar-refractivity contribution in [2.45, 2.75) is 18.3 Å². The van der Waals surface area contributed by atoms with Gasteiger partial charge in [0.15, 0.2) is 0 Å². The second kappa shape index (κ2) is 3.12. The molecule has 1 heterocycles. The quantitative estimate of drug-likeness (QED) is 0.709. The van der Waals surface area contributed by atoms with E-state index in [1.165, 1.54) is 4.88 Å². The Hall–Kier alpha value is -0.870. The van der Waals surface area contributed by atoms with Gasteiger partial charge >= 0.3 is 0 Å². The fourth-order valence-electron chi connectivity index (χ4n) is 1.49. The predicted octanol–water partition coefficient (Wildman–Crippen LogP) is 1.03. The number of hydrogen-bond donors (Lipinski definition) is 2. The molecule has 0 spiro atoms. The summed E-state index contributed by atoms with van der Waals surface area (Å²) in [5.74, 6) is 0.0949. The lowest BCUT2D eigenvalue weighted by molar-refractivity contribution is -0.124. The highest BCUT2D eigenvalue weighted by atomic mass is 32.1. The minimum atomic E-state index is -0.211. The maximum absolute atomic E-state index is 11.7. The molecule has 4 heteroatoms. The second-order valence-electron chi connectivity index (χ2n) is 3.26. The van der Waals surface area contributed by atoms with Gasteiger partial charge in [0.25, 0.3) is 0 Å². The van der Waals surface area contributed by atoms with E-state index in [0.29, 0.717) is 0 Å². The lowest BCUT2D eigenvalue weighted by atomic mass is 10.1. The van der Waals surface area contributed by atoms with E-state index in [-0.39, 0.29) is 11.3 Å². The molecule has 2 N–H and O–H groups in total. The maximum atomic E-state index is 11.7. The zero-order valence-corrected chi connectivity index (χ0v) is 8.28. The van der Waals surface area contributed by atoms with E-state index in [0.717, 1.165) is 12.8 Å². The topological polar surface area (TPSA) is 41.1 Å². The van der Waals surface area contributed by atoms with Crippen LogP contribution >= 0.6 is 11.3 Å². The Morgan fingerprint density at radius 3 is 2.85 bits per heavy atom. The highest BCUT2D eigenvalue weighted by molar-refractivity contribution is 7.10. The molecule has 70 valence electrons. The van der Waals surface area contributed by atoms with Gasteiger partial charge in [0.1, 0.15) is 0 Å². The smallest absolute Gasteiger partial charge is 0.245 e. The molecule has 0 saturated heterocycles. The maximum Gasteiger partial charge on any atom is 0.245 e. The summed E-state index contributed by atoms with van der Waals surface area (Å²) in [5, 5.41) is 2.02. The van der Waals surface area contributed by atoms with Gasteiger partial charge in [0.05, 0.1) is 5.41 Å². The molecule has 0 atom stereocenters. The lowest BCUT2D eigenvalue weighted by Gasteiger charge is -2.12. The summed E-state index contributed by atoms with van der Waals surface area (Å²) in [5.41, 5.74) is 5.12. The van der Waals surface area contributed by atoms with Crippen LogP contribution in [0.4, 0.5) is 0 Å². The minimum Gasteiger partial charge on any atom is -0.291 e. The third-order valence-corrected chi connectivity index (χ3v) is 3.49. The van der Waals surface area contributed by atoms with E-state index in [4.69, 9.17) is 0 Å². The molecule has 1 saturated carbocycles. The Kier molecular flexibility index (Phi) is 2.09. The van der Waals surface area contributed by atoms with Gasteiger partial charge in [-0.15, -0.1) is 11.3 Å². The third-order valence-electron chi connectivity index (χ3n) is 2.42. The van der Waals surface area contributed by atoms with Crippen LogP contribution in [0, 0.1) is 0 Å². The Bertz CT molecular complexity index is 303. The first kappa shape index (κ1) is 8.72. The Morgan fingerprint density at radius 1 is 1.62 bits per heavy atom. The highest BCUT2D eigenvalue weighted by Crippen LogP contribution is 2.49. The molecule has 0 aliphatic heterocycles. The van der Waals surface area contributed by atoms with Gasteiger partial charge in [0, 0.05) is 11.9 Å². The summed E-state index contributed by atoms with van der Waals surface area (Å²) in [7, 11) is 1.71. The zero-order chi connectivity index (χ0) is 9.31. The molecule has 1 aliphatic carbocycles. The summed E-state index contributed by atoms with van der Waals surface area (Å²) in [4.78, 5) is 12.8. The van der Waals surface area contributed by atoms with Crippen LogP contribution < -0.4 is 10.9 Å². The molecule has 3 nitrogen and oxygen atoms in total. The van der Waals surface area contributed by atoms with E-state index in [1.54, 1.807) is 18.4 Å². The van der Waals surface area contributed by atoms with Crippen LogP contribution in [-0.2, 0) is 10.2 Å². The molecule has 1 aliphatic rings. The first-order chi connectivity index (χ1) is 6.29. The predicted molar refractivity (Wildman–Crippen MR) is 52.4 cm³/mol. The molecule has 1 fully saturated rings. The molecule has 1 aromatic heterocycles. The van der Waals surface area contributed by atoms with Gasteiger partial charge < -0.3 is 0 Å². The molecular weight excluding hydrogens is 184 g/mol. The van der Waals surface area contributed by atoms with E-state index >= 15 is 0 Å². The van der Waals surface area contributed by atoms with Crippen LogP contribution in [0.25, 0.3) is 0 Å². The van der Waals surface area contributed by atoms with Crippen LogP contribution in [-0.4, -0.2) is 13.0 Å². The van der Waals surface area contributed by atoms with Crippen molar-refractivity contribution < 1.29 is 4.79 Å². The molecule has 0 unspecified atom stereocenters. The van der Waals surface area contributed by atoms with Crippen LogP contribution in [0.1, 0.15) is 17.7 Å². The Morgan fingerprint density at radius 2 is 2.38 bits per heavy atom. The first-order valence-electron chi connectivity index (χ1n) is 4.31. The summed E-state index contributed by atoms with van der Waals surface area (Å²) in [6.07, 6.45) is 1.95. The molecule has 0 radical (unpaired) electrons. The van der Waals surface area contributed by atoms with Gasteiger partial charge in [-0.1, -0.05) is 6.07 Å². The van der Waals surface area contributed by atoms with Crippen molar-refractivity contribution in [2.75, 3.05) is 7.05 Å². The number of thiophene rings is 1. The van der Waals surface area contributed by atoms with Gasteiger partial charge in [-0.25, -0.2) is 5.43 Å². The number of hydrogen-bond acceptors (Lipinski definition) is 3. The van der Waals surface area contributed by atoms with E-state index in [9.17, 15) is 4.79 Å². The van der Waals surface area contributed by atoms with E-state index < -0.39 is 0 Å². The van der Waals surface area contributed by atoms with Crippen molar-refractivity contribution in [3.8, 4) is 0 Å². The van der Waals surface area contributed by atoms with E-state index in [2.05, 4.69) is 10.9 Å². The first-order valence-corrected chi connectivity index (χ1v) is 5.19. The largest absolute Gasteiger partial charge is 0.291 e.